The number of aliphatic hydroxyl groups is 1. The number of benzene rings is 1. The highest BCUT2D eigenvalue weighted by Crippen LogP contribution is 2.21. The van der Waals surface area contributed by atoms with E-state index in [1.165, 1.54) is 0 Å². The molecule has 0 spiro atoms. The quantitative estimate of drug-likeness (QED) is 0.536. The lowest BCUT2D eigenvalue weighted by Gasteiger charge is -2.17. The van der Waals surface area contributed by atoms with Crippen LogP contribution in [0.2, 0.25) is 0 Å². The van der Waals surface area contributed by atoms with Crippen molar-refractivity contribution in [1.82, 2.24) is 0 Å². The molecular weight excluding hydrogens is 242 g/mol. The predicted molar refractivity (Wildman–Crippen MR) is 78.0 cm³/mol. The molecule has 5 nitrogen and oxygen atoms in total. The number of aliphatic hydroxyl groups excluding tert-OH is 1. The van der Waals surface area contributed by atoms with E-state index in [2.05, 4.69) is 12.2 Å². The summed E-state index contributed by atoms with van der Waals surface area (Å²) in [6.45, 7) is 3.08. The molecule has 0 bridgehead atoms. The largest absolute Gasteiger partial charge is 0.397 e. The van der Waals surface area contributed by atoms with Gasteiger partial charge in [-0.1, -0.05) is 13.3 Å². The molecule has 1 aromatic rings. The van der Waals surface area contributed by atoms with E-state index in [0.717, 1.165) is 31.5 Å². The molecule has 0 heterocycles. The average Bonchev–Trinajstić information content (AvgIpc) is 2.37. The van der Waals surface area contributed by atoms with Gasteiger partial charge in [0.25, 0.3) is 0 Å². The second-order valence-electron chi connectivity index (χ2n) is 4.71. The Morgan fingerprint density at radius 1 is 1.42 bits per heavy atom. The Balaban J connectivity index is 2.63. The van der Waals surface area contributed by atoms with E-state index in [1.807, 2.05) is 0 Å². The molecule has 19 heavy (non-hydrogen) atoms. The Kier molecular flexibility index (Phi) is 6.15. The molecule has 0 fully saturated rings. The molecular formula is C14H23N3O2. The highest BCUT2D eigenvalue weighted by Gasteiger charge is 2.09. The first-order valence-electron chi connectivity index (χ1n) is 6.62. The van der Waals surface area contributed by atoms with Gasteiger partial charge in [0.15, 0.2) is 0 Å². The third kappa shape index (κ3) is 4.79. The molecule has 1 unspecified atom stereocenters. The normalized spacial score (nSPS) is 12.1. The molecule has 0 aromatic heterocycles. The Hall–Kier alpha value is -1.75. The first-order chi connectivity index (χ1) is 9.08. The maximum absolute atomic E-state index is 11.0. The number of rotatable bonds is 8. The van der Waals surface area contributed by atoms with Gasteiger partial charge in [0, 0.05) is 18.7 Å². The maximum Gasteiger partial charge on any atom is 0.248 e. The van der Waals surface area contributed by atoms with Crippen LogP contribution in [-0.2, 0) is 0 Å². The van der Waals surface area contributed by atoms with E-state index < -0.39 is 5.91 Å². The SMILES string of the molecule is CCCC(CCO)CNc1ccc(C(N)=O)cc1N. The van der Waals surface area contributed by atoms with Crippen molar-refractivity contribution in [2.45, 2.75) is 26.2 Å². The smallest absolute Gasteiger partial charge is 0.248 e. The van der Waals surface area contributed by atoms with E-state index in [4.69, 9.17) is 16.6 Å². The Labute approximate surface area is 114 Å². The van der Waals surface area contributed by atoms with Gasteiger partial charge < -0.3 is 21.9 Å². The van der Waals surface area contributed by atoms with Crippen molar-refractivity contribution in [3.8, 4) is 0 Å². The van der Waals surface area contributed by atoms with Crippen molar-refractivity contribution >= 4 is 17.3 Å². The van der Waals surface area contributed by atoms with Crippen molar-refractivity contribution in [2.24, 2.45) is 11.7 Å². The van der Waals surface area contributed by atoms with Crippen LogP contribution >= 0.6 is 0 Å². The lowest BCUT2D eigenvalue weighted by Crippen LogP contribution is -2.17. The zero-order valence-corrected chi connectivity index (χ0v) is 11.4. The minimum atomic E-state index is -0.484. The summed E-state index contributed by atoms with van der Waals surface area (Å²) in [5, 5.41) is 12.3. The molecule has 0 saturated carbocycles. The molecule has 1 aromatic carbocycles. The van der Waals surface area contributed by atoms with E-state index >= 15 is 0 Å². The summed E-state index contributed by atoms with van der Waals surface area (Å²) in [7, 11) is 0. The first kappa shape index (κ1) is 15.3. The molecule has 6 N–H and O–H groups in total. The summed E-state index contributed by atoms with van der Waals surface area (Å²) in [6, 6.07) is 4.99. The second-order valence-corrected chi connectivity index (χ2v) is 4.71. The summed E-state index contributed by atoms with van der Waals surface area (Å²) >= 11 is 0. The van der Waals surface area contributed by atoms with Crippen molar-refractivity contribution in [3.05, 3.63) is 23.8 Å². The standard InChI is InChI=1S/C14H23N3O2/c1-2-3-10(6-7-18)9-17-13-5-4-11(14(16)19)8-12(13)15/h4-5,8,10,17-18H,2-3,6-7,9,15H2,1H3,(H2,16,19). The number of nitrogens with two attached hydrogens (primary N) is 2. The number of anilines is 2. The van der Waals surface area contributed by atoms with E-state index in [9.17, 15) is 4.79 Å². The lowest BCUT2D eigenvalue weighted by atomic mass is 10.00. The monoisotopic (exact) mass is 265 g/mol. The Morgan fingerprint density at radius 2 is 2.16 bits per heavy atom. The lowest BCUT2D eigenvalue weighted by molar-refractivity contribution is 0.100. The molecule has 0 radical (unpaired) electrons. The highest BCUT2D eigenvalue weighted by atomic mass is 16.3. The number of carbonyl (C=O) groups excluding carboxylic acids is 1. The van der Waals surface area contributed by atoms with Crippen LogP contribution in [0.5, 0.6) is 0 Å². The van der Waals surface area contributed by atoms with Gasteiger partial charge in [0.2, 0.25) is 5.91 Å². The Morgan fingerprint density at radius 3 is 2.68 bits per heavy atom. The van der Waals surface area contributed by atoms with Crippen LogP contribution in [0.25, 0.3) is 0 Å². The molecule has 0 saturated heterocycles. The number of nitrogen functional groups attached to an aromatic ring is 1. The average molecular weight is 265 g/mol. The van der Waals surface area contributed by atoms with Crippen molar-refractivity contribution < 1.29 is 9.90 Å². The van der Waals surface area contributed by atoms with Crippen molar-refractivity contribution in [2.75, 3.05) is 24.2 Å². The predicted octanol–water partition coefficient (Wildman–Crippen LogP) is 1.58. The van der Waals surface area contributed by atoms with Gasteiger partial charge in [-0.3, -0.25) is 4.79 Å². The molecule has 1 atom stereocenters. The first-order valence-corrected chi connectivity index (χ1v) is 6.62. The fourth-order valence-corrected chi connectivity index (χ4v) is 2.07. The minimum absolute atomic E-state index is 0.197. The fourth-order valence-electron chi connectivity index (χ4n) is 2.07. The minimum Gasteiger partial charge on any atom is -0.397 e. The summed E-state index contributed by atoms with van der Waals surface area (Å²) < 4.78 is 0. The van der Waals surface area contributed by atoms with Crippen LogP contribution in [0, 0.1) is 5.92 Å². The maximum atomic E-state index is 11.0. The van der Waals surface area contributed by atoms with Gasteiger partial charge in [0.05, 0.1) is 11.4 Å². The van der Waals surface area contributed by atoms with Crippen LogP contribution in [0.4, 0.5) is 11.4 Å². The molecule has 0 aliphatic carbocycles. The zero-order valence-electron chi connectivity index (χ0n) is 11.4. The summed E-state index contributed by atoms with van der Waals surface area (Å²) in [5.74, 6) is -0.0624. The number of nitrogens with one attached hydrogen (secondary N) is 1. The molecule has 0 aliphatic rings. The fraction of sp³-hybridized carbons (Fsp3) is 0.500. The van der Waals surface area contributed by atoms with Crippen LogP contribution in [0.3, 0.4) is 0 Å². The van der Waals surface area contributed by atoms with Gasteiger partial charge in [-0.15, -0.1) is 0 Å². The summed E-state index contributed by atoms with van der Waals surface area (Å²) in [4.78, 5) is 11.0. The van der Waals surface area contributed by atoms with Crippen LogP contribution in [-0.4, -0.2) is 24.2 Å². The molecule has 1 amide bonds. The number of carbonyl (C=O) groups is 1. The second kappa shape index (κ2) is 7.63. The van der Waals surface area contributed by atoms with Crippen molar-refractivity contribution in [1.29, 1.82) is 0 Å². The highest BCUT2D eigenvalue weighted by molar-refractivity contribution is 5.94. The van der Waals surface area contributed by atoms with Gasteiger partial charge in [-0.2, -0.15) is 0 Å². The van der Waals surface area contributed by atoms with E-state index in [1.54, 1.807) is 18.2 Å². The summed E-state index contributed by atoms with van der Waals surface area (Å²) in [5.41, 5.74) is 12.8. The number of hydrogen-bond acceptors (Lipinski definition) is 4. The third-order valence-electron chi connectivity index (χ3n) is 3.15. The van der Waals surface area contributed by atoms with Crippen LogP contribution in [0.1, 0.15) is 36.5 Å². The molecule has 0 aliphatic heterocycles. The number of amides is 1. The van der Waals surface area contributed by atoms with E-state index in [-0.39, 0.29) is 6.61 Å². The van der Waals surface area contributed by atoms with Gasteiger partial charge >= 0.3 is 0 Å². The molecule has 5 heteroatoms. The van der Waals surface area contributed by atoms with Gasteiger partial charge in [-0.05, 0) is 37.0 Å². The molecule has 106 valence electrons. The Bertz CT molecular complexity index is 415. The summed E-state index contributed by atoms with van der Waals surface area (Å²) in [6.07, 6.45) is 2.93. The van der Waals surface area contributed by atoms with E-state index in [0.29, 0.717) is 17.2 Å². The zero-order chi connectivity index (χ0) is 14.3. The third-order valence-corrected chi connectivity index (χ3v) is 3.15. The van der Waals surface area contributed by atoms with Gasteiger partial charge in [0.1, 0.15) is 0 Å². The number of hydrogen-bond donors (Lipinski definition) is 4. The molecule has 1 rings (SSSR count). The van der Waals surface area contributed by atoms with Crippen molar-refractivity contribution in [3.63, 3.8) is 0 Å². The van der Waals surface area contributed by atoms with Crippen LogP contribution in [0.15, 0.2) is 18.2 Å². The van der Waals surface area contributed by atoms with Gasteiger partial charge in [-0.25, -0.2) is 0 Å². The van der Waals surface area contributed by atoms with Crippen LogP contribution < -0.4 is 16.8 Å². The number of primary amides is 1. The topological polar surface area (TPSA) is 101 Å².